The summed E-state index contributed by atoms with van der Waals surface area (Å²) in [5.74, 6) is -0.564. The van der Waals surface area contributed by atoms with Crippen LogP contribution in [-0.4, -0.2) is 47.0 Å². The first kappa shape index (κ1) is 26.5. The van der Waals surface area contributed by atoms with Gasteiger partial charge in [0.2, 0.25) is 11.8 Å². The highest BCUT2D eigenvalue weighted by Gasteiger charge is 2.34. The Hall–Kier alpha value is -2.57. The second-order valence-corrected chi connectivity index (χ2v) is 8.93. The molecule has 0 saturated carbocycles. The van der Waals surface area contributed by atoms with Crippen molar-refractivity contribution >= 4 is 17.9 Å². The normalized spacial score (nSPS) is 14.2. The monoisotopic (exact) mass is 433 g/mol. The van der Waals surface area contributed by atoms with E-state index in [9.17, 15) is 14.4 Å². The molecule has 0 aliphatic heterocycles. The van der Waals surface area contributed by atoms with Crippen LogP contribution in [0.2, 0.25) is 0 Å². The quantitative estimate of drug-likeness (QED) is 0.579. The van der Waals surface area contributed by atoms with Crippen molar-refractivity contribution in [3.63, 3.8) is 0 Å². The maximum atomic E-state index is 13.3. The molecule has 0 heterocycles. The Kier molecular flexibility index (Phi) is 10.5. The third-order valence-corrected chi connectivity index (χ3v) is 4.89. The van der Waals surface area contributed by atoms with E-state index in [1.807, 2.05) is 51.1 Å². The molecule has 0 aliphatic rings. The lowest BCUT2D eigenvalue weighted by Gasteiger charge is -2.36. The van der Waals surface area contributed by atoms with Crippen LogP contribution in [0, 0.1) is 0 Å². The summed E-state index contributed by atoms with van der Waals surface area (Å²) in [4.78, 5) is 40.1. The number of carbonyl (C=O) groups is 3. The van der Waals surface area contributed by atoms with Crippen LogP contribution in [0.3, 0.4) is 0 Å². The van der Waals surface area contributed by atoms with E-state index in [4.69, 9.17) is 4.74 Å². The standard InChI is InChI=1S/C24H39N3O4/c1-8-13-17(3)26-22(29)21(19-14-11-10-12-15-19)27(18(4)9-2)20(28)16-25-23(30)31-24(5,6)7/h10-12,14-15,17-18,21H,8-9,13,16H2,1-7H3,(H,25,30)(H,26,29). The molecule has 0 spiro atoms. The smallest absolute Gasteiger partial charge is 0.408 e. The molecule has 174 valence electrons. The molecular weight excluding hydrogens is 394 g/mol. The average Bonchev–Trinajstić information content (AvgIpc) is 2.69. The first-order valence-corrected chi connectivity index (χ1v) is 11.1. The van der Waals surface area contributed by atoms with Crippen molar-refractivity contribution in [3.05, 3.63) is 35.9 Å². The number of nitrogens with zero attached hydrogens (tertiary/aromatic N) is 1. The lowest BCUT2D eigenvalue weighted by Crippen LogP contribution is -2.52. The highest BCUT2D eigenvalue weighted by atomic mass is 16.6. The molecule has 31 heavy (non-hydrogen) atoms. The van der Waals surface area contributed by atoms with E-state index in [2.05, 4.69) is 17.6 Å². The second kappa shape index (κ2) is 12.3. The third kappa shape index (κ3) is 8.99. The number of benzene rings is 1. The van der Waals surface area contributed by atoms with Crippen molar-refractivity contribution in [1.82, 2.24) is 15.5 Å². The highest BCUT2D eigenvalue weighted by molar-refractivity contribution is 5.90. The van der Waals surface area contributed by atoms with E-state index < -0.39 is 17.7 Å². The van der Waals surface area contributed by atoms with E-state index in [1.165, 1.54) is 0 Å². The van der Waals surface area contributed by atoms with Gasteiger partial charge in [-0.3, -0.25) is 9.59 Å². The zero-order valence-electron chi connectivity index (χ0n) is 20.0. The molecule has 0 radical (unpaired) electrons. The molecule has 0 aromatic heterocycles. The third-order valence-electron chi connectivity index (χ3n) is 4.89. The Morgan fingerprint density at radius 3 is 2.19 bits per heavy atom. The largest absolute Gasteiger partial charge is 0.444 e. The highest BCUT2D eigenvalue weighted by Crippen LogP contribution is 2.25. The van der Waals surface area contributed by atoms with Crippen LogP contribution >= 0.6 is 0 Å². The second-order valence-electron chi connectivity index (χ2n) is 8.93. The molecule has 2 N–H and O–H groups in total. The van der Waals surface area contributed by atoms with Crippen molar-refractivity contribution in [1.29, 1.82) is 0 Å². The van der Waals surface area contributed by atoms with Crippen LogP contribution in [0.1, 0.15) is 79.3 Å². The van der Waals surface area contributed by atoms with Crippen molar-refractivity contribution in [2.24, 2.45) is 0 Å². The maximum absolute atomic E-state index is 13.3. The molecular formula is C24H39N3O4. The summed E-state index contributed by atoms with van der Waals surface area (Å²) >= 11 is 0. The molecule has 0 fully saturated rings. The molecule has 1 rings (SSSR count). The number of alkyl carbamates (subject to hydrolysis) is 1. The number of hydrogen-bond acceptors (Lipinski definition) is 4. The van der Waals surface area contributed by atoms with Crippen molar-refractivity contribution in [2.75, 3.05) is 6.54 Å². The fraction of sp³-hybridized carbons (Fsp3) is 0.625. The molecule has 3 unspecified atom stereocenters. The van der Waals surface area contributed by atoms with Crippen LogP contribution in [0.15, 0.2) is 30.3 Å². The Morgan fingerprint density at radius 1 is 1.06 bits per heavy atom. The van der Waals surface area contributed by atoms with E-state index >= 15 is 0 Å². The first-order valence-electron chi connectivity index (χ1n) is 11.1. The summed E-state index contributed by atoms with van der Waals surface area (Å²) in [6, 6.07) is 8.27. The first-order chi connectivity index (χ1) is 14.5. The van der Waals surface area contributed by atoms with Gasteiger partial charge in [0.05, 0.1) is 0 Å². The van der Waals surface area contributed by atoms with E-state index in [-0.39, 0.29) is 30.4 Å². The minimum atomic E-state index is -0.789. The summed E-state index contributed by atoms with van der Waals surface area (Å²) in [6.07, 6.45) is 1.80. The number of ether oxygens (including phenoxy) is 1. The molecule has 0 aliphatic carbocycles. The number of hydrogen-bond donors (Lipinski definition) is 2. The number of amides is 3. The molecule has 1 aromatic rings. The van der Waals surface area contributed by atoms with E-state index in [0.717, 1.165) is 18.4 Å². The summed E-state index contributed by atoms with van der Waals surface area (Å²) in [5.41, 5.74) is 0.0698. The molecule has 7 nitrogen and oxygen atoms in total. The molecule has 3 amide bonds. The van der Waals surface area contributed by atoms with Crippen LogP contribution in [-0.2, 0) is 14.3 Å². The fourth-order valence-corrected chi connectivity index (χ4v) is 3.29. The fourth-order valence-electron chi connectivity index (χ4n) is 3.29. The van der Waals surface area contributed by atoms with Gasteiger partial charge in [-0.1, -0.05) is 50.6 Å². The predicted octanol–water partition coefficient (Wildman–Crippen LogP) is 4.18. The maximum Gasteiger partial charge on any atom is 0.408 e. The van der Waals surface area contributed by atoms with Crippen LogP contribution in [0.25, 0.3) is 0 Å². The van der Waals surface area contributed by atoms with Crippen LogP contribution in [0.5, 0.6) is 0 Å². The molecule has 0 saturated heterocycles. The Labute approximate surface area is 186 Å². The van der Waals surface area contributed by atoms with Gasteiger partial charge in [0.15, 0.2) is 0 Å². The number of carbonyl (C=O) groups excluding carboxylic acids is 3. The summed E-state index contributed by atoms with van der Waals surface area (Å²) in [6.45, 7) is 12.9. The van der Waals surface area contributed by atoms with Crippen molar-refractivity contribution in [2.45, 2.75) is 91.5 Å². The Bertz CT molecular complexity index is 715. The van der Waals surface area contributed by atoms with Crippen LogP contribution < -0.4 is 10.6 Å². The predicted molar refractivity (Wildman–Crippen MR) is 123 cm³/mol. The van der Waals surface area contributed by atoms with Gasteiger partial charge in [-0.25, -0.2) is 4.79 Å². The molecule has 3 atom stereocenters. The topological polar surface area (TPSA) is 87.7 Å². The summed E-state index contributed by atoms with van der Waals surface area (Å²) < 4.78 is 5.23. The number of rotatable bonds is 10. The van der Waals surface area contributed by atoms with Crippen molar-refractivity contribution < 1.29 is 19.1 Å². The molecule has 7 heteroatoms. The molecule has 0 bridgehead atoms. The zero-order chi connectivity index (χ0) is 23.6. The van der Waals surface area contributed by atoms with Gasteiger partial charge in [-0.2, -0.15) is 0 Å². The number of nitrogens with one attached hydrogen (secondary N) is 2. The van der Waals surface area contributed by atoms with Gasteiger partial charge in [0, 0.05) is 12.1 Å². The van der Waals surface area contributed by atoms with Gasteiger partial charge >= 0.3 is 6.09 Å². The van der Waals surface area contributed by atoms with E-state index in [1.54, 1.807) is 25.7 Å². The van der Waals surface area contributed by atoms with Gasteiger partial charge in [0.1, 0.15) is 18.2 Å². The summed E-state index contributed by atoms with van der Waals surface area (Å²) in [7, 11) is 0. The van der Waals surface area contributed by atoms with Gasteiger partial charge in [0.25, 0.3) is 0 Å². The lowest BCUT2D eigenvalue weighted by atomic mass is 10.0. The Balaban J connectivity index is 3.15. The van der Waals surface area contributed by atoms with E-state index in [0.29, 0.717) is 6.42 Å². The Morgan fingerprint density at radius 2 is 1.68 bits per heavy atom. The summed E-state index contributed by atoms with van der Waals surface area (Å²) in [5, 5.41) is 5.57. The minimum absolute atomic E-state index is 0.00233. The van der Waals surface area contributed by atoms with Crippen LogP contribution in [0.4, 0.5) is 4.79 Å². The molecule has 1 aromatic carbocycles. The lowest BCUT2D eigenvalue weighted by molar-refractivity contribution is -0.143. The van der Waals surface area contributed by atoms with Gasteiger partial charge in [-0.15, -0.1) is 0 Å². The van der Waals surface area contributed by atoms with Gasteiger partial charge < -0.3 is 20.3 Å². The SMILES string of the molecule is CCCC(C)NC(=O)C(c1ccccc1)N(C(=O)CNC(=O)OC(C)(C)C)C(C)CC. The average molecular weight is 434 g/mol. The minimum Gasteiger partial charge on any atom is -0.444 e. The zero-order valence-corrected chi connectivity index (χ0v) is 20.0. The van der Waals surface area contributed by atoms with Crippen molar-refractivity contribution in [3.8, 4) is 0 Å². The van der Waals surface area contributed by atoms with Gasteiger partial charge in [-0.05, 0) is 53.0 Å².